The molecule has 1 aromatic rings. The number of nitrogens with two attached hydrogens (primary N) is 1. The number of aliphatic hydroxyl groups is 1. The van der Waals surface area contributed by atoms with Gasteiger partial charge in [-0.1, -0.05) is 18.6 Å². The summed E-state index contributed by atoms with van der Waals surface area (Å²) in [6, 6.07) is 0. The number of aryl methyl sites for hydroxylation is 1. The Morgan fingerprint density at radius 2 is 2.27 bits per heavy atom. The molecule has 0 radical (unpaired) electrons. The van der Waals surface area contributed by atoms with Gasteiger partial charge >= 0.3 is 0 Å². The average molecular weight is 212 g/mol. The van der Waals surface area contributed by atoms with E-state index in [1.54, 1.807) is 6.92 Å². The summed E-state index contributed by atoms with van der Waals surface area (Å²) in [6.07, 6.45) is 2.39. The number of hydrogen-bond donors (Lipinski definition) is 2. The second kappa shape index (κ2) is 5.82. The summed E-state index contributed by atoms with van der Waals surface area (Å²) in [5.41, 5.74) is 7.57. The Balaban J connectivity index is 2.72. The summed E-state index contributed by atoms with van der Waals surface area (Å²) in [7, 11) is 0. The van der Waals surface area contributed by atoms with Crippen LogP contribution in [0.3, 0.4) is 0 Å². The molecule has 0 bridgehead atoms. The van der Waals surface area contributed by atoms with Crippen molar-refractivity contribution in [3.05, 3.63) is 11.4 Å². The van der Waals surface area contributed by atoms with Gasteiger partial charge in [-0.05, 0) is 19.8 Å². The third kappa shape index (κ3) is 3.28. The monoisotopic (exact) mass is 212 g/mol. The Morgan fingerprint density at radius 3 is 2.80 bits per heavy atom. The molecule has 0 saturated carbocycles. The zero-order valence-corrected chi connectivity index (χ0v) is 9.48. The second-order valence-corrected chi connectivity index (χ2v) is 3.80. The molecule has 0 amide bonds. The molecule has 5 nitrogen and oxygen atoms in total. The maximum Gasteiger partial charge on any atom is 0.0994 e. The van der Waals surface area contributed by atoms with Crippen molar-refractivity contribution in [2.24, 2.45) is 5.73 Å². The molecule has 0 spiro atoms. The van der Waals surface area contributed by atoms with Gasteiger partial charge in [0, 0.05) is 13.1 Å². The van der Waals surface area contributed by atoms with E-state index in [2.05, 4.69) is 17.2 Å². The molecular weight excluding hydrogens is 192 g/mol. The summed E-state index contributed by atoms with van der Waals surface area (Å²) in [5, 5.41) is 17.3. The molecule has 0 fully saturated rings. The van der Waals surface area contributed by atoms with Gasteiger partial charge < -0.3 is 10.8 Å². The van der Waals surface area contributed by atoms with E-state index in [0.717, 1.165) is 24.2 Å². The molecule has 0 saturated heterocycles. The smallest absolute Gasteiger partial charge is 0.0994 e. The maximum atomic E-state index is 9.21. The van der Waals surface area contributed by atoms with Gasteiger partial charge in [0.2, 0.25) is 0 Å². The van der Waals surface area contributed by atoms with Crippen molar-refractivity contribution in [2.45, 2.75) is 52.3 Å². The highest BCUT2D eigenvalue weighted by Gasteiger charge is 2.10. The fourth-order valence-electron chi connectivity index (χ4n) is 1.53. The largest absolute Gasteiger partial charge is 0.393 e. The molecule has 0 aliphatic heterocycles. The Kier molecular flexibility index (Phi) is 4.71. The van der Waals surface area contributed by atoms with Crippen LogP contribution >= 0.6 is 0 Å². The Morgan fingerprint density at radius 1 is 1.53 bits per heavy atom. The SMILES string of the molecule is CCCc1c(CN)nnn1CCC(C)O. The lowest BCUT2D eigenvalue weighted by molar-refractivity contribution is 0.175. The highest BCUT2D eigenvalue weighted by atomic mass is 16.3. The summed E-state index contributed by atoms with van der Waals surface area (Å²) >= 11 is 0. The molecule has 15 heavy (non-hydrogen) atoms. The second-order valence-electron chi connectivity index (χ2n) is 3.80. The predicted octanol–water partition coefficient (Wildman–Crippen LogP) is 0.460. The topological polar surface area (TPSA) is 77.0 Å². The lowest BCUT2D eigenvalue weighted by atomic mass is 10.2. The lowest BCUT2D eigenvalue weighted by Gasteiger charge is -2.07. The molecule has 1 heterocycles. The van der Waals surface area contributed by atoms with Crippen molar-refractivity contribution in [1.82, 2.24) is 15.0 Å². The molecule has 1 unspecified atom stereocenters. The molecular formula is C10H20N4O. The van der Waals surface area contributed by atoms with Crippen LogP contribution in [0.4, 0.5) is 0 Å². The highest BCUT2D eigenvalue weighted by Crippen LogP contribution is 2.09. The van der Waals surface area contributed by atoms with E-state index >= 15 is 0 Å². The third-order valence-corrected chi connectivity index (χ3v) is 2.36. The number of hydrogen-bond acceptors (Lipinski definition) is 4. The van der Waals surface area contributed by atoms with E-state index in [1.165, 1.54) is 0 Å². The molecule has 0 aromatic carbocycles. The van der Waals surface area contributed by atoms with Gasteiger partial charge in [0.05, 0.1) is 17.5 Å². The van der Waals surface area contributed by atoms with Crippen LogP contribution in [0.2, 0.25) is 0 Å². The highest BCUT2D eigenvalue weighted by molar-refractivity contribution is 5.09. The van der Waals surface area contributed by atoms with Crippen LogP contribution in [0.1, 0.15) is 38.1 Å². The third-order valence-electron chi connectivity index (χ3n) is 2.36. The van der Waals surface area contributed by atoms with Crippen LogP contribution in [0.5, 0.6) is 0 Å². The van der Waals surface area contributed by atoms with Crippen molar-refractivity contribution >= 4 is 0 Å². The predicted molar refractivity (Wildman–Crippen MR) is 58.2 cm³/mol. The van der Waals surface area contributed by atoms with Gasteiger partial charge in [-0.3, -0.25) is 0 Å². The zero-order valence-electron chi connectivity index (χ0n) is 9.48. The minimum absolute atomic E-state index is 0.301. The standard InChI is InChI=1S/C10H20N4O/c1-3-4-10-9(7-11)12-13-14(10)6-5-8(2)15/h8,15H,3-7,11H2,1-2H3. The summed E-state index contributed by atoms with van der Waals surface area (Å²) in [4.78, 5) is 0. The van der Waals surface area contributed by atoms with E-state index in [9.17, 15) is 5.11 Å². The van der Waals surface area contributed by atoms with Crippen LogP contribution in [0, 0.1) is 0 Å². The van der Waals surface area contributed by atoms with Crippen LogP contribution in [-0.2, 0) is 19.5 Å². The van der Waals surface area contributed by atoms with Crippen molar-refractivity contribution < 1.29 is 5.11 Å². The summed E-state index contributed by atoms with van der Waals surface area (Å²) in [6.45, 7) is 5.04. The molecule has 1 aromatic heterocycles. The summed E-state index contributed by atoms with van der Waals surface area (Å²) in [5.74, 6) is 0. The quantitative estimate of drug-likeness (QED) is 0.718. The van der Waals surface area contributed by atoms with Crippen LogP contribution in [0.15, 0.2) is 0 Å². The number of aliphatic hydroxyl groups excluding tert-OH is 1. The van der Waals surface area contributed by atoms with Crippen molar-refractivity contribution in [1.29, 1.82) is 0 Å². The van der Waals surface area contributed by atoms with E-state index in [-0.39, 0.29) is 6.10 Å². The fourth-order valence-corrected chi connectivity index (χ4v) is 1.53. The molecule has 5 heteroatoms. The molecule has 0 aliphatic rings. The van der Waals surface area contributed by atoms with E-state index in [4.69, 9.17) is 5.73 Å². The van der Waals surface area contributed by atoms with Gasteiger partial charge in [0.25, 0.3) is 0 Å². The first-order chi connectivity index (χ1) is 7.19. The molecule has 0 aliphatic carbocycles. The first-order valence-electron chi connectivity index (χ1n) is 5.48. The lowest BCUT2D eigenvalue weighted by Crippen LogP contribution is -2.12. The van der Waals surface area contributed by atoms with Gasteiger partial charge in [-0.2, -0.15) is 0 Å². The number of rotatable bonds is 6. The normalized spacial score (nSPS) is 13.1. The van der Waals surface area contributed by atoms with Crippen molar-refractivity contribution in [2.75, 3.05) is 0 Å². The fraction of sp³-hybridized carbons (Fsp3) is 0.800. The van der Waals surface area contributed by atoms with Gasteiger partial charge in [0.1, 0.15) is 0 Å². The van der Waals surface area contributed by atoms with E-state index in [1.807, 2.05) is 4.68 Å². The van der Waals surface area contributed by atoms with Crippen molar-refractivity contribution in [3.8, 4) is 0 Å². The molecule has 1 atom stereocenters. The van der Waals surface area contributed by atoms with E-state index in [0.29, 0.717) is 19.5 Å². The van der Waals surface area contributed by atoms with E-state index < -0.39 is 0 Å². The Labute approximate surface area is 90.3 Å². The van der Waals surface area contributed by atoms with Crippen LogP contribution in [0.25, 0.3) is 0 Å². The zero-order chi connectivity index (χ0) is 11.3. The minimum atomic E-state index is -0.301. The van der Waals surface area contributed by atoms with Crippen LogP contribution in [-0.4, -0.2) is 26.2 Å². The molecule has 3 N–H and O–H groups in total. The number of nitrogens with zero attached hydrogens (tertiary/aromatic N) is 3. The van der Waals surface area contributed by atoms with Gasteiger partial charge in [-0.15, -0.1) is 5.10 Å². The maximum absolute atomic E-state index is 9.21. The van der Waals surface area contributed by atoms with Gasteiger partial charge in [-0.25, -0.2) is 4.68 Å². The minimum Gasteiger partial charge on any atom is -0.393 e. The molecule has 1 rings (SSSR count). The number of aromatic nitrogens is 3. The Hall–Kier alpha value is -0.940. The van der Waals surface area contributed by atoms with Crippen molar-refractivity contribution in [3.63, 3.8) is 0 Å². The van der Waals surface area contributed by atoms with Gasteiger partial charge in [0.15, 0.2) is 0 Å². The first kappa shape index (κ1) is 12.1. The Bertz CT molecular complexity index is 296. The molecule has 86 valence electrons. The first-order valence-corrected chi connectivity index (χ1v) is 5.48. The average Bonchev–Trinajstić information content (AvgIpc) is 2.58. The van der Waals surface area contributed by atoms with Crippen LogP contribution < -0.4 is 5.73 Å². The summed E-state index contributed by atoms with van der Waals surface area (Å²) < 4.78 is 1.86.